The summed E-state index contributed by atoms with van der Waals surface area (Å²) in [6.45, 7) is 5.89. The van der Waals surface area contributed by atoms with Gasteiger partial charge in [0.15, 0.2) is 0 Å². The first-order valence-corrected chi connectivity index (χ1v) is 9.10. The fourth-order valence-electron chi connectivity index (χ4n) is 3.16. The molecule has 1 aliphatic rings. The van der Waals surface area contributed by atoms with Gasteiger partial charge in [-0.3, -0.25) is 4.79 Å². The van der Waals surface area contributed by atoms with Gasteiger partial charge < -0.3 is 10.6 Å². The van der Waals surface area contributed by atoms with Crippen molar-refractivity contribution in [3.63, 3.8) is 0 Å². The average molecular weight is 366 g/mol. The van der Waals surface area contributed by atoms with Crippen molar-refractivity contribution in [1.29, 1.82) is 0 Å². The molecule has 132 valence electrons. The summed E-state index contributed by atoms with van der Waals surface area (Å²) in [7, 11) is 0. The van der Waals surface area contributed by atoms with E-state index in [1.807, 2.05) is 56.5 Å². The lowest BCUT2D eigenvalue weighted by molar-refractivity contribution is -0.113. The second kappa shape index (κ2) is 6.38. The minimum atomic E-state index is -0.355. The average Bonchev–Trinajstić information content (AvgIpc) is 3.27. The summed E-state index contributed by atoms with van der Waals surface area (Å²) >= 11 is 1.57. The summed E-state index contributed by atoms with van der Waals surface area (Å²) in [5.41, 5.74) is 4.33. The molecule has 0 bridgehead atoms. The molecule has 0 fully saturated rings. The largest absolute Gasteiger partial charge is 0.326 e. The SMILES string of the molecule is CC1=C(C(=O)Nc2ccc(C)cc2C)[C@H](c2cccs2)n2nnnc2N1. The Balaban J connectivity index is 1.74. The number of anilines is 2. The molecule has 1 atom stereocenters. The molecule has 0 radical (unpaired) electrons. The van der Waals surface area contributed by atoms with E-state index in [0.717, 1.165) is 27.4 Å². The van der Waals surface area contributed by atoms with Gasteiger partial charge in [0.2, 0.25) is 5.95 Å². The number of nitrogens with one attached hydrogen (secondary N) is 2. The van der Waals surface area contributed by atoms with Crippen LogP contribution in [0.5, 0.6) is 0 Å². The Bertz CT molecular complexity index is 1000. The summed E-state index contributed by atoms with van der Waals surface area (Å²) in [6.07, 6.45) is 0. The van der Waals surface area contributed by atoms with Crippen LogP contribution in [-0.4, -0.2) is 26.1 Å². The van der Waals surface area contributed by atoms with Crippen LogP contribution < -0.4 is 10.6 Å². The molecule has 2 aromatic heterocycles. The van der Waals surface area contributed by atoms with Crippen molar-refractivity contribution in [2.75, 3.05) is 10.6 Å². The molecule has 0 spiro atoms. The van der Waals surface area contributed by atoms with E-state index >= 15 is 0 Å². The lowest BCUT2D eigenvalue weighted by atomic mass is 10.0. The second-order valence-corrected chi connectivity index (χ2v) is 7.28. The van der Waals surface area contributed by atoms with Crippen LogP contribution in [0, 0.1) is 13.8 Å². The molecule has 2 N–H and O–H groups in total. The Hall–Kier alpha value is -3.00. The summed E-state index contributed by atoms with van der Waals surface area (Å²) in [5, 5.41) is 20.0. The zero-order valence-electron chi connectivity index (χ0n) is 14.6. The smallest absolute Gasteiger partial charge is 0.255 e. The number of aryl methyl sites for hydroxylation is 2. The zero-order valence-corrected chi connectivity index (χ0v) is 15.5. The van der Waals surface area contributed by atoms with Gasteiger partial charge in [0.25, 0.3) is 5.91 Å². The van der Waals surface area contributed by atoms with Crippen molar-refractivity contribution in [2.45, 2.75) is 26.8 Å². The highest BCUT2D eigenvalue weighted by Crippen LogP contribution is 2.36. The number of nitrogens with zero attached hydrogens (tertiary/aromatic N) is 4. The van der Waals surface area contributed by atoms with Gasteiger partial charge in [-0.2, -0.15) is 4.68 Å². The molecule has 0 aliphatic carbocycles. The van der Waals surface area contributed by atoms with Crippen LogP contribution in [0.15, 0.2) is 47.0 Å². The number of hydrogen-bond donors (Lipinski definition) is 2. The van der Waals surface area contributed by atoms with Gasteiger partial charge in [-0.05, 0) is 54.3 Å². The second-order valence-electron chi connectivity index (χ2n) is 6.30. The van der Waals surface area contributed by atoms with Crippen molar-refractivity contribution < 1.29 is 4.79 Å². The molecule has 8 heteroatoms. The standard InChI is InChI=1S/C18H18N6OS/c1-10-6-7-13(11(2)9-10)20-17(25)15-12(3)19-18-21-22-23-24(18)16(15)14-5-4-8-26-14/h4-9,16H,1-3H3,(H,20,25)(H,19,21,23)/t16-/m0/s1. The molecule has 1 amide bonds. The minimum Gasteiger partial charge on any atom is -0.326 e. The topological polar surface area (TPSA) is 84.7 Å². The van der Waals surface area contributed by atoms with Crippen molar-refractivity contribution in [3.05, 3.63) is 63.0 Å². The maximum atomic E-state index is 13.2. The Kier molecular flexibility index (Phi) is 4.04. The number of aromatic nitrogens is 4. The quantitative estimate of drug-likeness (QED) is 0.743. The Morgan fingerprint density at radius 3 is 2.85 bits per heavy atom. The summed E-state index contributed by atoms with van der Waals surface area (Å²) in [4.78, 5) is 14.2. The van der Waals surface area contributed by atoms with Crippen molar-refractivity contribution in [1.82, 2.24) is 20.2 Å². The number of fused-ring (bicyclic) bond motifs is 1. The van der Waals surface area contributed by atoms with E-state index in [9.17, 15) is 4.79 Å². The Morgan fingerprint density at radius 2 is 2.12 bits per heavy atom. The van der Waals surface area contributed by atoms with Crippen LogP contribution in [0.3, 0.4) is 0 Å². The van der Waals surface area contributed by atoms with Crippen LogP contribution in [0.2, 0.25) is 0 Å². The van der Waals surface area contributed by atoms with Crippen molar-refractivity contribution >= 4 is 28.9 Å². The molecule has 4 rings (SSSR count). The maximum absolute atomic E-state index is 13.2. The van der Waals surface area contributed by atoms with Crippen LogP contribution in [0.4, 0.5) is 11.6 Å². The molecule has 26 heavy (non-hydrogen) atoms. The maximum Gasteiger partial charge on any atom is 0.255 e. The number of carbonyl (C=O) groups is 1. The number of tetrazole rings is 1. The van der Waals surface area contributed by atoms with Gasteiger partial charge in [0.1, 0.15) is 6.04 Å². The zero-order chi connectivity index (χ0) is 18.3. The molecular formula is C18H18N6OS. The van der Waals surface area contributed by atoms with E-state index in [1.165, 1.54) is 0 Å². The summed E-state index contributed by atoms with van der Waals surface area (Å²) < 4.78 is 1.65. The van der Waals surface area contributed by atoms with Gasteiger partial charge >= 0.3 is 0 Å². The number of amides is 1. The van der Waals surface area contributed by atoms with E-state index in [0.29, 0.717) is 11.5 Å². The molecular weight excluding hydrogens is 348 g/mol. The van der Waals surface area contributed by atoms with Crippen LogP contribution in [0.1, 0.15) is 29.0 Å². The highest BCUT2D eigenvalue weighted by molar-refractivity contribution is 7.10. The first-order chi connectivity index (χ1) is 12.5. The van der Waals surface area contributed by atoms with Crippen LogP contribution >= 0.6 is 11.3 Å². The molecule has 3 aromatic rings. The molecule has 0 unspecified atom stereocenters. The molecule has 0 saturated heterocycles. The summed E-state index contributed by atoms with van der Waals surface area (Å²) in [5.74, 6) is 0.366. The lowest BCUT2D eigenvalue weighted by Gasteiger charge is -2.27. The number of rotatable bonds is 3. The molecule has 1 aromatic carbocycles. The minimum absolute atomic E-state index is 0.165. The molecule has 3 heterocycles. The fraction of sp³-hybridized carbons (Fsp3) is 0.222. The first-order valence-electron chi connectivity index (χ1n) is 8.22. The monoisotopic (exact) mass is 366 g/mol. The van der Waals surface area contributed by atoms with E-state index in [4.69, 9.17) is 0 Å². The number of hydrogen-bond acceptors (Lipinski definition) is 6. The van der Waals surface area contributed by atoms with E-state index in [-0.39, 0.29) is 11.9 Å². The Labute approximate surface area is 154 Å². The molecule has 7 nitrogen and oxygen atoms in total. The molecule has 0 saturated carbocycles. The van der Waals surface area contributed by atoms with Gasteiger partial charge in [0, 0.05) is 16.3 Å². The van der Waals surface area contributed by atoms with Crippen molar-refractivity contribution in [2.24, 2.45) is 0 Å². The fourth-order valence-corrected chi connectivity index (χ4v) is 3.98. The normalized spacial score (nSPS) is 16.2. The first kappa shape index (κ1) is 16.5. The third-order valence-corrected chi connectivity index (χ3v) is 5.33. The highest BCUT2D eigenvalue weighted by atomic mass is 32.1. The van der Waals surface area contributed by atoms with E-state index in [2.05, 4.69) is 26.2 Å². The number of benzene rings is 1. The van der Waals surface area contributed by atoms with Crippen LogP contribution in [-0.2, 0) is 4.79 Å². The Morgan fingerprint density at radius 1 is 1.27 bits per heavy atom. The van der Waals surface area contributed by atoms with Crippen molar-refractivity contribution in [3.8, 4) is 0 Å². The number of thiophene rings is 1. The predicted molar refractivity (Wildman–Crippen MR) is 101 cm³/mol. The number of allylic oxidation sites excluding steroid dienone is 1. The third-order valence-electron chi connectivity index (χ3n) is 4.40. The third kappa shape index (κ3) is 2.78. The van der Waals surface area contributed by atoms with E-state index in [1.54, 1.807) is 16.0 Å². The predicted octanol–water partition coefficient (Wildman–Crippen LogP) is 3.28. The molecule has 1 aliphatic heterocycles. The van der Waals surface area contributed by atoms with Gasteiger partial charge in [-0.1, -0.05) is 28.9 Å². The highest BCUT2D eigenvalue weighted by Gasteiger charge is 2.34. The van der Waals surface area contributed by atoms with Crippen LogP contribution in [0.25, 0.3) is 0 Å². The summed E-state index contributed by atoms with van der Waals surface area (Å²) in [6, 6.07) is 9.56. The van der Waals surface area contributed by atoms with Gasteiger partial charge in [-0.15, -0.1) is 11.3 Å². The van der Waals surface area contributed by atoms with Gasteiger partial charge in [-0.25, -0.2) is 0 Å². The number of carbonyl (C=O) groups excluding carboxylic acids is 1. The lowest BCUT2D eigenvalue weighted by Crippen LogP contribution is -2.31. The van der Waals surface area contributed by atoms with Gasteiger partial charge in [0.05, 0.1) is 5.57 Å². The van der Waals surface area contributed by atoms with E-state index < -0.39 is 0 Å².